The predicted octanol–water partition coefficient (Wildman–Crippen LogP) is 4.20. The van der Waals surface area contributed by atoms with Crippen molar-refractivity contribution in [1.29, 1.82) is 5.26 Å². The van der Waals surface area contributed by atoms with Gasteiger partial charge in [-0.1, -0.05) is 0 Å². The van der Waals surface area contributed by atoms with E-state index < -0.39 is 11.9 Å². The first-order valence-electron chi connectivity index (χ1n) is 8.45. The van der Waals surface area contributed by atoms with Crippen LogP contribution in [0, 0.1) is 17.1 Å². The van der Waals surface area contributed by atoms with E-state index in [2.05, 4.69) is 9.98 Å². The summed E-state index contributed by atoms with van der Waals surface area (Å²) in [5.74, 6) is 0.113. The lowest BCUT2D eigenvalue weighted by Gasteiger charge is -2.14. The summed E-state index contributed by atoms with van der Waals surface area (Å²) in [5, 5.41) is 18.1. The molecule has 0 bridgehead atoms. The lowest BCUT2D eigenvalue weighted by atomic mass is 10.0. The minimum atomic E-state index is -1.42. The fraction of sp³-hybridized carbons (Fsp3) is 0.200. The third-order valence-electron chi connectivity index (χ3n) is 4.18. The number of hydrogen-bond acceptors (Lipinski definition) is 6. The molecule has 1 N–H and O–H groups in total. The van der Waals surface area contributed by atoms with Crippen LogP contribution in [0.3, 0.4) is 0 Å². The van der Waals surface area contributed by atoms with Gasteiger partial charge in [-0.15, -0.1) is 11.8 Å². The molecule has 0 radical (unpaired) electrons. The summed E-state index contributed by atoms with van der Waals surface area (Å²) in [5.41, 5.74) is 1.32. The van der Waals surface area contributed by atoms with Gasteiger partial charge in [-0.2, -0.15) is 10.3 Å². The standard InChI is InChI=1S/C20H16FN3O4S/c1-27-15-9-14(16(21)13-7-8-28-18(13)15)17(19(29-2)24-20(25)26)23-12-5-3-11(10-22)4-6-12/h3-6,9H,7-8H2,1-2H3,(H,25,26). The monoisotopic (exact) mass is 413 g/mol. The molecule has 1 aliphatic heterocycles. The van der Waals surface area contributed by atoms with Gasteiger partial charge in [0, 0.05) is 17.5 Å². The van der Waals surface area contributed by atoms with Crippen molar-refractivity contribution in [3.8, 4) is 17.6 Å². The summed E-state index contributed by atoms with van der Waals surface area (Å²) in [6.45, 7) is 0.326. The zero-order chi connectivity index (χ0) is 21.0. The molecule has 2 aromatic rings. The average molecular weight is 413 g/mol. The van der Waals surface area contributed by atoms with Crippen molar-refractivity contribution in [3.63, 3.8) is 0 Å². The summed E-state index contributed by atoms with van der Waals surface area (Å²) in [4.78, 5) is 19.2. The number of methoxy groups -OCH3 is 1. The highest BCUT2D eigenvalue weighted by Crippen LogP contribution is 2.39. The van der Waals surface area contributed by atoms with Gasteiger partial charge in [0.05, 0.1) is 31.0 Å². The number of halogens is 1. The molecule has 0 unspecified atom stereocenters. The number of carboxylic acid groups (broad SMARTS) is 1. The second-order valence-corrected chi connectivity index (χ2v) is 6.66. The number of thioether (sulfide) groups is 1. The average Bonchev–Trinajstić information content (AvgIpc) is 3.22. The van der Waals surface area contributed by atoms with E-state index in [1.54, 1.807) is 30.5 Å². The van der Waals surface area contributed by atoms with Crippen LogP contribution in [-0.2, 0) is 6.42 Å². The lowest BCUT2D eigenvalue weighted by Crippen LogP contribution is -2.16. The number of carbonyl (C=O) groups is 1. The molecule has 148 valence electrons. The number of nitriles is 1. The van der Waals surface area contributed by atoms with Crippen LogP contribution < -0.4 is 9.47 Å². The fourth-order valence-corrected chi connectivity index (χ4v) is 3.39. The highest BCUT2D eigenvalue weighted by Gasteiger charge is 2.28. The number of ether oxygens (including phenoxy) is 2. The van der Waals surface area contributed by atoms with Crippen LogP contribution in [0.15, 0.2) is 40.3 Å². The maximum absolute atomic E-state index is 15.3. The van der Waals surface area contributed by atoms with E-state index in [4.69, 9.17) is 19.8 Å². The van der Waals surface area contributed by atoms with Gasteiger partial charge in [0.25, 0.3) is 0 Å². The Morgan fingerprint density at radius 3 is 2.69 bits per heavy atom. The summed E-state index contributed by atoms with van der Waals surface area (Å²) in [6, 6.07) is 9.74. The third-order valence-corrected chi connectivity index (χ3v) is 4.85. The fourth-order valence-electron chi connectivity index (χ4n) is 2.88. The Morgan fingerprint density at radius 2 is 2.10 bits per heavy atom. The van der Waals surface area contributed by atoms with Gasteiger partial charge >= 0.3 is 6.09 Å². The number of fused-ring (bicyclic) bond motifs is 1. The van der Waals surface area contributed by atoms with Gasteiger partial charge in [0.15, 0.2) is 11.5 Å². The Hall–Kier alpha value is -3.38. The van der Waals surface area contributed by atoms with E-state index in [1.807, 2.05) is 6.07 Å². The van der Waals surface area contributed by atoms with E-state index >= 15 is 4.39 Å². The minimum Gasteiger partial charge on any atom is -0.493 e. The smallest absolute Gasteiger partial charge is 0.432 e. The van der Waals surface area contributed by atoms with Gasteiger partial charge in [-0.05, 0) is 36.6 Å². The molecule has 0 fully saturated rings. The van der Waals surface area contributed by atoms with E-state index in [0.717, 1.165) is 11.8 Å². The van der Waals surface area contributed by atoms with Crippen molar-refractivity contribution in [1.82, 2.24) is 0 Å². The first-order chi connectivity index (χ1) is 14.0. The zero-order valence-electron chi connectivity index (χ0n) is 15.6. The molecule has 0 spiro atoms. The molecule has 1 heterocycles. The normalized spacial score (nSPS) is 13.4. The SMILES string of the molecule is COc1cc(C(=Nc2ccc(C#N)cc2)C(=NC(=O)O)SC)c(F)c2c1OCC2. The number of hydrogen-bond donors (Lipinski definition) is 1. The van der Waals surface area contributed by atoms with Gasteiger partial charge in [-0.3, -0.25) is 0 Å². The Labute approximate surface area is 170 Å². The van der Waals surface area contributed by atoms with Crippen LogP contribution in [0.5, 0.6) is 11.5 Å². The number of benzene rings is 2. The van der Waals surface area contributed by atoms with Crippen LogP contribution in [0.1, 0.15) is 16.7 Å². The Morgan fingerprint density at radius 1 is 1.38 bits per heavy atom. The van der Waals surface area contributed by atoms with Crippen LogP contribution >= 0.6 is 11.8 Å². The minimum absolute atomic E-state index is 0.0293. The van der Waals surface area contributed by atoms with Crippen molar-refractivity contribution in [2.24, 2.45) is 9.98 Å². The van der Waals surface area contributed by atoms with Crippen LogP contribution in [-0.4, -0.2) is 41.9 Å². The quantitative estimate of drug-likeness (QED) is 0.595. The zero-order valence-corrected chi connectivity index (χ0v) is 16.4. The van der Waals surface area contributed by atoms with Crippen molar-refractivity contribution < 1.29 is 23.8 Å². The van der Waals surface area contributed by atoms with Gasteiger partial charge < -0.3 is 14.6 Å². The molecule has 1 aliphatic rings. The van der Waals surface area contributed by atoms with Crippen molar-refractivity contribution in [3.05, 3.63) is 52.8 Å². The number of nitrogens with zero attached hydrogens (tertiary/aromatic N) is 3. The molecule has 1 amide bonds. The summed E-state index contributed by atoms with van der Waals surface area (Å²) in [7, 11) is 1.44. The van der Waals surface area contributed by atoms with Crippen molar-refractivity contribution in [2.45, 2.75) is 6.42 Å². The van der Waals surface area contributed by atoms with Gasteiger partial charge in [0.2, 0.25) is 0 Å². The highest BCUT2D eigenvalue weighted by molar-refractivity contribution is 8.15. The van der Waals surface area contributed by atoms with E-state index in [9.17, 15) is 4.79 Å². The number of rotatable bonds is 4. The molecule has 29 heavy (non-hydrogen) atoms. The predicted molar refractivity (Wildman–Crippen MR) is 108 cm³/mol. The molecule has 3 rings (SSSR count). The molecule has 0 aromatic heterocycles. The maximum Gasteiger partial charge on any atom is 0.432 e. The number of amides is 1. The molecule has 0 saturated heterocycles. The molecular formula is C20H16FN3O4S. The molecular weight excluding hydrogens is 397 g/mol. The van der Waals surface area contributed by atoms with Crippen LogP contribution in [0.4, 0.5) is 14.9 Å². The van der Waals surface area contributed by atoms with Crippen molar-refractivity contribution in [2.75, 3.05) is 20.0 Å². The molecule has 0 saturated carbocycles. The second-order valence-electron chi connectivity index (χ2n) is 5.87. The van der Waals surface area contributed by atoms with Gasteiger partial charge in [0.1, 0.15) is 16.6 Å². The molecule has 7 nitrogen and oxygen atoms in total. The highest BCUT2D eigenvalue weighted by atomic mass is 32.2. The molecule has 2 aromatic carbocycles. The largest absolute Gasteiger partial charge is 0.493 e. The van der Waals surface area contributed by atoms with Crippen LogP contribution in [0.25, 0.3) is 0 Å². The Bertz CT molecular complexity index is 1060. The number of aliphatic imine (C=N–C) groups is 2. The molecule has 0 aliphatic carbocycles. The third kappa shape index (κ3) is 4.22. The Kier molecular flexibility index (Phi) is 6.14. The molecule has 9 heteroatoms. The Balaban J connectivity index is 2.25. The van der Waals surface area contributed by atoms with E-state index in [1.165, 1.54) is 13.2 Å². The first kappa shape index (κ1) is 20.4. The molecule has 0 atom stereocenters. The second kappa shape index (κ2) is 8.75. The lowest BCUT2D eigenvalue weighted by molar-refractivity contribution is 0.206. The summed E-state index contributed by atoms with van der Waals surface area (Å²) in [6.07, 6.45) is 0.570. The summed E-state index contributed by atoms with van der Waals surface area (Å²) < 4.78 is 26.1. The topological polar surface area (TPSA) is 104 Å². The first-order valence-corrected chi connectivity index (χ1v) is 9.68. The van der Waals surface area contributed by atoms with E-state index in [0.29, 0.717) is 41.3 Å². The summed E-state index contributed by atoms with van der Waals surface area (Å²) >= 11 is 1.03. The van der Waals surface area contributed by atoms with Gasteiger partial charge in [-0.25, -0.2) is 14.2 Å². The van der Waals surface area contributed by atoms with E-state index in [-0.39, 0.29) is 16.3 Å². The van der Waals surface area contributed by atoms with Crippen LogP contribution in [0.2, 0.25) is 0 Å². The van der Waals surface area contributed by atoms with Crippen molar-refractivity contribution >= 4 is 34.3 Å². The maximum atomic E-state index is 15.3.